The van der Waals surface area contributed by atoms with E-state index in [0.29, 0.717) is 5.56 Å². The summed E-state index contributed by atoms with van der Waals surface area (Å²) < 4.78 is 46.1. The molecule has 0 radical (unpaired) electrons. The summed E-state index contributed by atoms with van der Waals surface area (Å²) in [5.74, 6) is -2.22. The minimum Gasteiger partial charge on any atom is -0.451 e. The number of nitrogens with one attached hydrogen (secondary N) is 2. The highest BCUT2D eigenvalue weighted by molar-refractivity contribution is 7.89. The number of ether oxygens (including phenoxy) is 1. The van der Waals surface area contributed by atoms with Crippen molar-refractivity contribution in [2.75, 3.05) is 0 Å². The molecule has 0 aromatic heterocycles. The molecule has 2 N–H and O–H groups in total. The fourth-order valence-electron chi connectivity index (χ4n) is 2.88. The molecule has 174 valence electrons. The molecule has 0 bridgehead atoms. The molecule has 0 aliphatic carbocycles. The number of sulfonamides is 1. The van der Waals surface area contributed by atoms with Crippen molar-refractivity contribution in [3.8, 4) is 0 Å². The minimum absolute atomic E-state index is 0.0282. The lowest BCUT2D eigenvalue weighted by molar-refractivity contribution is -0.157. The van der Waals surface area contributed by atoms with Crippen LogP contribution in [0, 0.1) is 18.7 Å². The van der Waals surface area contributed by atoms with Crippen molar-refractivity contribution in [1.82, 2.24) is 10.0 Å². The molecule has 32 heavy (non-hydrogen) atoms. The van der Waals surface area contributed by atoms with Crippen LogP contribution in [-0.2, 0) is 24.3 Å². The predicted molar refractivity (Wildman–Crippen MR) is 119 cm³/mol. The van der Waals surface area contributed by atoms with Crippen LogP contribution in [0.25, 0.3) is 0 Å². The Kier molecular flexibility index (Phi) is 8.51. The molecule has 1 amide bonds. The van der Waals surface area contributed by atoms with Crippen LogP contribution in [0.1, 0.15) is 44.9 Å². The zero-order valence-electron chi connectivity index (χ0n) is 18.8. The second-order valence-electron chi connectivity index (χ2n) is 8.02. The maximum absolute atomic E-state index is 13.1. The van der Waals surface area contributed by atoms with E-state index in [1.54, 1.807) is 45.0 Å². The average molecular weight is 465 g/mol. The van der Waals surface area contributed by atoms with Crippen molar-refractivity contribution in [2.24, 2.45) is 5.92 Å². The molecular weight excluding hydrogens is 435 g/mol. The number of carbonyl (C=O) groups excluding carboxylic acids is 2. The summed E-state index contributed by atoms with van der Waals surface area (Å²) in [7, 11) is -3.96. The molecule has 7 nitrogen and oxygen atoms in total. The van der Waals surface area contributed by atoms with Gasteiger partial charge in [-0.2, -0.15) is 4.72 Å². The van der Waals surface area contributed by atoms with Gasteiger partial charge in [-0.05, 0) is 56.5 Å². The van der Waals surface area contributed by atoms with Crippen LogP contribution < -0.4 is 10.0 Å². The number of amides is 1. The third kappa shape index (κ3) is 6.86. The van der Waals surface area contributed by atoms with Gasteiger partial charge in [0.15, 0.2) is 6.10 Å². The summed E-state index contributed by atoms with van der Waals surface area (Å²) >= 11 is 0. The van der Waals surface area contributed by atoms with Crippen molar-refractivity contribution in [3.05, 3.63) is 65.5 Å². The van der Waals surface area contributed by atoms with Crippen LogP contribution in [0.4, 0.5) is 4.39 Å². The number of esters is 1. The van der Waals surface area contributed by atoms with Gasteiger partial charge in [-0.25, -0.2) is 12.8 Å². The van der Waals surface area contributed by atoms with Crippen LogP contribution in [0.2, 0.25) is 0 Å². The Labute approximate surface area is 188 Å². The highest BCUT2D eigenvalue weighted by Gasteiger charge is 2.32. The number of carbonyl (C=O) groups is 2. The monoisotopic (exact) mass is 464 g/mol. The molecule has 9 heteroatoms. The van der Waals surface area contributed by atoms with Crippen molar-refractivity contribution < 1.29 is 27.1 Å². The van der Waals surface area contributed by atoms with Gasteiger partial charge in [-0.1, -0.05) is 43.7 Å². The van der Waals surface area contributed by atoms with Gasteiger partial charge in [0.05, 0.1) is 10.9 Å². The molecule has 2 aromatic rings. The Balaban J connectivity index is 2.04. The van der Waals surface area contributed by atoms with E-state index in [9.17, 15) is 22.4 Å². The summed E-state index contributed by atoms with van der Waals surface area (Å²) in [6, 6.07) is 10.3. The zero-order valence-corrected chi connectivity index (χ0v) is 19.6. The highest BCUT2D eigenvalue weighted by Crippen LogP contribution is 2.16. The van der Waals surface area contributed by atoms with Gasteiger partial charge < -0.3 is 10.1 Å². The van der Waals surface area contributed by atoms with Gasteiger partial charge in [-0.15, -0.1) is 0 Å². The topological polar surface area (TPSA) is 102 Å². The number of rotatable bonds is 9. The quantitative estimate of drug-likeness (QED) is 0.555. The number of hydrogen-bond donors (Lipinski definition) is 2. The highest BCUT2D eigenvalue weighted by atomic mass is 32.2. The smallest absolute Gasteiger partial charge is 0.325 e. The Morgan fingerprint density at radius 3 is 2.03 bits per heavy atom. The summed E-state index contributed by atoms with van der Waals surface area (Å²) in [6.07, 6.45) is -1.16. The van der Waals surface area contributed by atoms with E-state index < -0.39 is 46.0 Å². The molecule has 0 spiro atoms. The maximum Gasteiger partial charge on any atom is 0.325 e. The van der Waals surface area contributed by atoms with Crippen molar-refractivity contribution in [3.63, 3.8) is 0 Å². The zero-order chi connectivity index (χ0) is 24.1. The molecular formula is C23H29FN2O5S. The Hall–Kier alpha value is -2.78. The second-order valence-corrected chi connectivity index (χ2v) is 9.73. The van der Waals surface area contributed by atoms with Crippen molar-refractivity contribution in [2.45, 2.75) is 57.7 Å². The molecule has 2 aromatic carbocycles. The van der Waals surface area contributed by atoms with Crippen LogP contribution in [0.3, 0.4) is 0 Å². The third-order valence-corrected chi connectivity index (χ3v) is 6.38. The Morgan fingerprint density at radius 2 is 1.50 bits per heavy atom. The van der Waals surface area contributed by atoms with Gasteiger partial charge >= 0.3 is 5.97 Å². The van der Waals surface area contributed by atoms with E-state index >= 15 is 0 Å². The SMILES string of the molecule is Cc1ccc(S(=O)(=O)NC(C(=O)OC(C)C(=O)NC(C)c2ccc(F)cc2)C(C)C)cc1. The van der Waals surface area contributed by atoms with E-state index in [1.165, 1.54) is 31.2 Å². The summed E-state index contributed by atoms with van der Waals surface area (Å²) in [5, 5.41) is 2.69. The predicted octanol–water partition coefficient (Wildman–Crippen LogP) is 3.25. The lowest BCUT2D eigenvalue weighted by atomic mass is 10.1. The largest absolute Gasteiger partial charge is 0.451 e. The Bertz CT molecular complexity index is 1040. The van der Waals surface area contributed by atoms with Crippen LogP contribution in [-0.4, -0.2) is 32.4 Å². The molecule has 0 saturated heterocycles. The van der Waals surface area contributed by atoms with Crippen LogP contribution >= 0.6 is 0 Å². The molecule has 2 rings (SSSR count). The summed E-state index contributed by atoms with van der Waals surface area (Å²) in [4.78, 5) is 25.2. The fraction of sp³-hybridized carbons (Fsp3) is 0.391. The second kappa shape index (κ2) is 10.7. The van der Waals surface area contributed by atoms with Crippen LogP contribution in [0.5, 0.6) is 0 Å². The standard InChI is InChI=1S/C23H29FN2O5S/c1-14(2)21(26-32(29,30)20-12-6-15(3)7-13-20)23(28)31-17(5)22(27)25-16(4)18-8-10-19(24)11-9-18/h6-14,16-17,21,26H,1-5H3,(H,25,27). The lowest BCUT2D eigenvalue weighted by Gasteiger charge is -2.23. The van der Waals surface area contributed by atoms with Gasteiger partial charge in [0.2, 0.25) is 10.0 Å². The molecule has 3 atom stereocenters. The summed E-state index contributed by atoms with van der Waals surface area (Å²) in [5.41, 5.74) is 1.59. The molecule has 0 aliphatic heterocycles. The number of halogens is 1. The molecule has 0 saturated carbocycles. The first-order chi connectivity index (χ1) is 14.9. The first kappa shape index (κ1) is 25.5. The van der Waals surface area contributed by atoms with Gasteiger partial charge in [0.25, 0.3) is 5.91 Å². The third-order valence-electron chi connectivity index (χ3n) is 4.92. The average Bonchev–Trinajstić information content (AvgIpc) is 2.72. The number of hydrogen-bond acceptors (Lipinski definition) is 5. The van der Waals surface area contributed by atoms with Gasteiger partial charge in [0.1, 0.15) is 11.9 Å². The van der Waals surface area contributed by atoms with Crippen molar-refractivity contribution >= 4 is 21.9 Å². The minimum atomic E-state index is -3.96. The first-order valence-corrected chi connectivity index (χ1v) is 11.7. The maximum atomic E-state index is 13.1. The van der Waals surface area contributed by atoms with Gasteiger partial charge in [0, 0.05) is 0 Å². The van der Waals surface area contributed by atoms with E-state index in [0.717, 1.165) is 5.56 Å². The van der Waals surface area contributed by atoms with Gasteiger partial charge in [-0.3, -0.25) is 9.59 Å². The summed E-state index contributed by atoms with van der Waals surface area (Å²) in [6.45, 7) is 8.29. The van der Waals surface area contributed by atoms with E-state index in [-0.39, 0.29) is 10.7 Å². The lowest BCUT2D eigenvalue weighted by Crippen LogP contribution is -2.47. The normalized spacial score (nSPS) is 14.5. The molecule has 0 heterocycles. The number of benzene rings is 2. The van der Waals surface area contributed by atoms with Crippen LogP contribution in [0.15, 0.2) is 53.4 Å². The molecule has 0 aliphatic rings. The molecule has 3 unspecified atom stereocenters. The molecule has 0 fully saturated rings. The van der Waals surface area contributed by atoms with E-state index in [2.05, 4.69) is 10.0 Å². The van der Waals surface area contributed by atoms with Crippen molar-refractivity contribution in [1.29, 1.82) is 0 Å². The van der Waals surface area contributed by atoms with E-state index in [1.807, 2.05) is 6.92 Å². The number of aryl methyl sites for hydroxylation is 1. The Morgan fingerprint density at radius 1 is 0.938 bits per heavy atom. The fourth-order valence-corrected chi connectivity index (χ4v) is 4.21. The van der Waals surface area contributed by atoms with E-state index in [4.69, 9.17) is 4.74 Å². The first-order valence-electron chi connectivity index (χ1n) is 10.3.